The number of nitrogens with one attached hydrogen (secondary N) is 1. The van der Waals surface area contributed by atoms with Gasteiger partial charge in [-0.05, 0) is 18.2 Å². The lowest BCUT2D eigenvalue weighted by Crippen LogP contribution is -2.26. The van der Waals surface area contributed by atoms with Crippen LogP contribution in [0.2, 0.25) is 0 Å². The highest BCUT2D eigenvalue weighted by atomic mass is 19.1. The zero-order valence-electron chi connectivity index (χ0n) is 9.64. The SMILES string of the molecule is CC(=O)Nc1cc(N=C(N)N=C(N)N)ccc1F. The molecule has 1 aromatic carbocycles. The summed E-state index contributed by atoms with van der Waals surface area (Å²) in [4.78, 5) is 18.2. The number of amides is 1. The molecule has 0 aromatic heterocycles. The number of hydrogen-bond donors (Lipinski definition) is 4. The van der Waals surface area contributed by atoms with Crippen LogP contribution in [0.15, 0.2) is 28.2 Å². The second-order valence-electron chi connectivity index (χ2n) is 3.35. The Balaban J connectivity index is 3.05. The first-order chi connectivity index (χ1) is 8.38. The summed E-state index contributed by atoms with van der Waals surface area (Å²) in [5, 5.41) is 2.32. The number of hydrogen-bond acceptors (Lipinski definition) is 2. The van der Waals surface area contributed by atoms with E-state index in [0.29, 0.717) is 5.69 Å². The van der Waals surface area contributed by atoms with Crippen molar-refractivity contribution in [1.29, 1.82) is 0 Å². The summed E-state index contributed by atoms with van der Waals surface area (Å²) in [6, 6.07) is 3.83. The quantitative estimate of drug-likeness (QED) is 0.435. The minimum absolute atomic E-state index is 0.00116. The van der Waals surface area contributed by atoms with Crippen LogP contribution in [0.4, 0.5) is 15.8 Å². The standard InChI is InChI=1S/C10H13FN6O/c1-5(18)15-8-4-6(2-3-7(8)11)16-10(14)17-9(12)13/h2-4H,1H3,(H,15,18)(H6,12,13,14,16,17). The molecule has 0 aliphatic carbocycles. The third-order valence-electron chi connectivity index (χ3n) is 1.75. The van der Waals surface area contributed by atoms with E-state index in [1.54, 1.807) is 0 Å². The van der Waals surface area contributed by atoms with Gasteiger partial charge < -0.3 is 22.5 Å². The van der Waals surface area contributed by atoms with Crippen molar-refractivity contribution in [3.63, 3.8) is 0 Å². The minimum Gasteiger partial charge on any atom is -0.370 e. The maximum absolute atomic E-state index is 13.3. The van der Waals surface area contributed by atoms with Crippen molar-refractivity contribution >= 4 is 29.2 Å². The Morgan fingerprint density at radius 1 is 1.33 bits per heavy atom. The number of rotatable bonds is 2. The minimum atomic E-state index is -0.579. The number of carbonyl (C=O) groups is 1. The van der Waals surface area contributed by atoms with Crippen LogP contribution in [0, 0.1) is 5.82 Å². The van der Waals surface area contributed by atoms with Gasteiger partial charge in [-0.3, -0.25) is 4.79 Å². The van der Waals surface area contributed by atoms with Gasteiger partial charge in [-0.15, -0.1) is 0 Å². The molecule has 0 bridgehead atoms. The number of halogens is 1. The molecule has 7 nitrogen and oxygen atoms in total. The molecule has 1 aromatic rings. The van der Waals surface area contributed by atoms with Crippen molar-refractivity contribution in [2.75, 3.05) is 5.32 Å². The second kappa shape index (κ2) is 5.62. The summed E-state index contributed by atoms with van der Waals surface area (Å²) in [7, 11) is 0. The molecule has 18 heavy (non-hydrogen) atoms. The third kappa shape index (κ3) is 4.08. The second-order valence-corrected chi connectivity index (χ2v) is 3.35. The molecule has 0 heterocycles. The van der Waals surface area contributed by atoms with E-state index in [1.807, 2.05) is 0 Å². The van der Waals surface area contributed by atoms with E-state index >= 15 is 0 Å². The van der Waals surface area contributed by atoms with E-state index in [1.165, 1.54) is 19.1 Å². The van der Waals surface area contributed by atoms with Gasteiger partial charge >= 0.3 is 0 Å². The fourth-order valence-electron chi connectivity index (χ4n) is 1.16. The molecule has 0 atom stereocenters. The van der Waals surface area contributed by atoms with Crippen LogP contribution in [-0.2, 0) is 4.79 Å². The van der Waals surface area contributed by atoms with E-state index in [2.05, 4.69) is 15.3 Å². The van der Waals surface area contributed by atoms with E-state index in [0.717, 1.165) is 6.07 Å². The van der Waals surface area contributed by atoms with Crippen molar-refractivity contribution < 1.29 is 9.18 Å². The van der Waals surface area contributed by atoms with E-state index in [-0.39, 0.29) is 17.6 Å². The van der Waals surface area contributed by atoms with Crippen LogP contribution < -0.4 is 22.5 Å². The summed E-state index contributed by atoms with van der Waals surface area (Å²) >= 11 is 0. The zero-order chi connectivity index (χ0) is 13.7. The molecule has 8 heteroatoms. The molecular formula is C10H13FN6O. The Hall–Kier alpha value is -2.64. The van der Waals surface area contributed by atoms with Crippen molar-refractivity contribution in [3.8, 4) is 0 Å². The van der Waals surface area contributed by atoms with Crippen LogP contribution in [0.25, 0.3) is 0 Å². The van der Waals surface area contributed by atoms with Crippen LogP contribution in [0.5, 0.6) is 0 Å². The predicted molar refractivity (Wildman–Crippen MR) is 67.8 cm³/mol. The van der Waals surface area contributed by atoms with Crippen LogP contribution in [0.1, 0.15) is 6.92 Å². The smallest absolute Gasteiger partial charge is 0.223 e. The molecule has 0 fully saturated rings. The number of benzene rings is 1. The molecule has 1 amide bonds. The maximum Gasteiger partial charge on any atom is 0.223 e. The Labute approximate surface area is 103 Å². The molecular weight excluding hydrogens is 239 g/mol. The third-order valence-corrected chi connectivity index (χ3v) is 1.75. The normalized spacial score (nSPS) is 10.9. The van der Waals surface area contributed by atoms with Gasteiger partial charge in [0.1, 0.15) is 5.82 Å². The molecule has 0 saturated heterocycles. The van der Waals surface area contributed by atoms with Gasteiger partial charge in [-0.25, -0.2) is 9.38 Å². The van der Waals surface area contributed by atoms with Crippen molar-refractivity contribution in [2.45, 2.75) is 6.92 Å². The van der Waals surface area contributed by atoms with Crippen LogP contribution in [0.3, 0.4) is 0 Å². The number of carbonyl (C=O) groups excluding carboxylic acids is 1. The number of anilines is 1. The fraction of sp³-hybridized carbons (Fsp3) is 0.100. The van der Waals surface area contributed by atoms with Gasteiger partial charge in [0.25, 0.3) is 0 Å². The summed E-state index contributed by atoms with van der Waals surface area (Å²) in [6.07, 6.45) is 0. The van der Waals surface area contributed by atoms with Gasteiger partial charge in [0.2, 0.25) is 11.9 Å². The van der Waals surface area contributed by atoms with E-state index in [9.17, 15) is 9.18 Å². The highest BCUT2D eigenvalue weighted by Crippen LogP contribution is 2.21. The molecule has 1 rings (SSSR count). The maximum atomic E-state index is 13.3. The molecule has 0 spiro atoms. The Kier molecular flexibility index (Phi) is 4.19. The first kappa shape index (κ1) is 13.4. The highest BCUT2D eigenvalue weighted by molar-refractivity contribution is 5.94. The average molecular weight is 252 g/mol. The molecule has 96 valence electrons. The van der Waals surface area contributed by atoms with Gasteiger partial charge in [0.15, 0.2) is 5.96 Å². The zero-order valence-corrected chi connectivity index (χ0v) is 9.64. The largest absolute Gasteiger partial charge is 0.370 e. The molecule has 0 radical (unpaired) electrons. The average Bonchev–Trinajstić information content (AvgIpc) is 2.21. The Morgan fingerprint density at radius 3 is 2.56 bits per heavy atom. The summed E-state index contributed by atoms with van der Waals surface area (Å²) in [6.45, 7) is 1.27. The van der Waals surface area contributed by atoms with Gasteiger partial charge in [0, 0.05) is 6.92 Å². The predicted octanol–water partition coefficient (Wildman–Crippen LogP) is 0.00370. The lowest BCUT2D eigenvalue weighted by atomic mass is 10.2. The number of nitrogens with zero attached hydrogens (tertiary/aromatic N) is 2. The topological polar surface area (TPSA) is 132 Å². The lowest BCUT2D eigenvalue weighted by Gasteiger charge is -2.04. The van der Waals surface area contributed by atoms with Crippen molar-refractivity contribution in [1.82, 2.24) is 0 Å². The molecule has 0 unspecified atom stereocenters. The van der Waals surface area contributed by atoms with E-state index in [4.69, 9.17) is 17.2 Å². The van der Waals surface area contributed by atoms with Crippen molar-refractivity contribution in [3.05, 3.63) is 24.0 Å². The molecule has 7 N–H and O–H groups in total. The monoisotopic (exact) mass is 252 g/mol. The lowest BCUT2D eigenvalue weighted by molar-refractivity contribution is -0.114. The van der Waals surface area contributed by atoms with Crippen LogP contribution >= 0.6 is 0 Å². The first-order valence-corrected chi connectivity index (χ1v) is 4.89. The number of guanidine groups is 2. The van der Waals surface area contributed by atoms with Crippen molar-refractivity contribution in [2.24, 2.45) is 27.2 Å². The fourth-order valence-corrected chi connectivity index (χ4v) is 1.16. The molecule has 0 aliphatic heterocycles. The summed E-state index contributed by atoms with van der Waals surface area (Å²) < 4.78 is 13.3. The van der Waals surface area contributed by atoms with Gasteiger partial charge in [0.05, 0.1) is 11.4 Å². The van der Waals surface area contributed by atoms with Crippen LogP contribution in [-0.4, -0.2) is 17.8 Å². The number of aliphatic imine (C=N–C) groups is 2. The number of nitrogens with two attached hydrogens (primary N) is 3. The summed E-state index contributed by atoms with van der Waals surface area (Å²) in [5.74, 6) is -1.38. The van der Waals surface area contributed by atoms with Gasteiger partial charge in [-0.1, -0.05) is 0 Å². The Bertz CT molecular complexity index is 521. The highest BCUT2D eigenvalue weighted by Gasteiger charge is 2.05. The Morgan fingerprint density at radius 2 is 2.00 bits per heavy atom. The van der Waals surface area contributed by atoms with Gasteiger partial charge in [-0.2, -0.15) is 4.99 Å². The first-order valence-electron chi connectivity index (χ1n) is 4.89. The van der Waals surface area contributed by atoms with E-state index < -0.39 is 11.7 Å². The molecule has 0 aliphatic rings. The summed E-state index contributed by atoms with van der Waals surface area (Å²) in [5.41, 5.74) is 16.0. The molecule has 0 saturated carbocycles.